The van der Waals surface area contributed by atoms with Crippen LogP contribution < -0.4 is 0 Å². The van der Waals surface area contributed by atoms with Gasteiger partial charge in [-0.3, -0.25) is 0 Å². The molecule has 0 radical (unpaired) electrons. The number of aromatic hydroxyl groups is 1. The van der Waals surface area contributed by atoms with Gasteiger partial charge in [0.1, 0.15) is 11.4 Å². The highest BCUT2D eigenvalue weighted by molar-refractivity contribution is 5.45. The summed E-state index contributed by atoms with van der Waals surface area (Å²) in [5, 5.41) is 42.9. The summed E-state index contributed by atoms with van der Waals surface area (Å²) >= 11 is 0. The summed E-state index contributed by atoms with van der Waals surface area (Å²) in [7, 11) is 0. The monoisotopic (exact) mass is 354 g/mol. The van der Waals surface area contributed by atoms with Gasteiger partial charge in [0.05, 0.1) is 12.2 Å². The van der Waals surface area contributed by atoms with E-state index in [0.29, 0.717) is 19.3 Å². The Hall–Kier alpha value is -1.88. The number of hydrogen-bond donors (Lipinski definition) is 4. The van der Waals surface area contributed by atoms with Crippen LogP contribution in [0.3, 0.4) is 0 Å². The van der Waals surface area contributed by atoms with Crippen molar-refractivity contribution in [2.45, 2.75) is 55.8 Å². The van der Waals surface area contributed by atoms with Gasteiger partial charge in [-0.05, 0) is 60.4 Å². The third-order valence-corrected chi connectivity index (χ3v) is 6.79. The lowest BCUT2D eigenvalue weighted by Crippen LogP contribution is -2.56. The van der Waals surface area contributed by atoms with Crippen molar-refractivity contribution in [1.29, 1.82) is 0 Å². The molecule has 0 amide bonds. The third-order valence-electron chi connectivity index (χ3n) is 6.79. The molecular formula is C22H26O4. The second-order valence-electron chi connectivity index (χ2n) is 7.94. The number of aliphatic hydroxyl groups is 3. The fourth-order valence-electron chi connectivity index (χ4n) is 5.36. The first kappa shape index (κ1) is 17.5. The molecule has 0 heterocycles. The van der Waals surface area contributed by atoms with Crippen molar-refractivity contribution < 1.29 is 20.4 Å². The minimum Gasteiger partial charge on any atom is -0.508 e. The number of aliphatic hydroxyl groups excluding tert-OH is 2. The molecule has 4 N–H and O–H groups in total. The molecule has 5 atom stereocenters. The normalized spacial score (nSPS) is 36.2. The summed E-state index contributed by atoms with van der Waals surface area (Å²) in [6.45, 7) is 2.10. The SMILES string of the molecule is CCC12CC(O)C(O)(c3ccccc3)CC1CC(O)c1cc(O)ccc12. The molecule has 4 nitrogen and oxygen atoms in total. The molecule has 2 aliphatic carbocycles. The minimum atomic E-state index is -1.31. The lowest BCUT2D eigenvalue weighted by Gasteiger charge is -2.55. The fourth-order valence-corrected chi connectivity index (χ4v) is 5.36. The van der Waals surface area contributed by atoms with Gasteiger partial charge < -0.3 is 20.4 Å². The molecule has 2 aliphatic rings. The van der Waals surface area contributed by atoms with Gasteiger partial charge in [0.15, 0.2) is 0 Å². The molecule has 0 aliphatic heterocycles. The van der Waals surface area contributed by atoms with Crippen molar-refractivity contribution >= 4 is 0 Å². The van der Waals surface area contributed by atoms with Gasteiger partial charge in [-0.15, -0.1) is 0 Å². The summed E-state index contributed by atoms with van der Waals surface area (Å²) < 4.78 is 0. The van der Waals surface area contributed by atoms with Crippen LogP contribution in [0.25, 0.3) is 0 Å². The fraction of sp³-hybridized carbons (Fsp3) is 0.455. The van der Waals surface area contributed by atoms with Gasteiger partial charge in [-0.2, -0.15) is 0 Å². The van der Waals surface area contributed by atoms with Gasteiger partial charge in [-0.25, -0.2) is 0 Å². The molecule has 0 spiro atoms. The van der Waals surface area contributed by atoms with Gasteiger partial charge in [-0.1, -0.05) is 43.3 Å². The van der Waals surface area contributed by atoms with Crippen LogP contribution in [0, 0.1) is 5.92 Å². The maximum absolute atomic E-state index is 11.4. The first-order valence-electron chi connectivity index (χ1n) is 9.38. The van der Waals surface area contributed by atoms with Crippen LogP contribution in [-0.4, -0.2) is 26.5 Å². The molecule has 2 aromatic rings. The van der Waals surface area contributed by atoms with E-state index in [2.05, 4.69) is 6.92 Å². The van der Waals surface area contributed by atoms with E-state index in [1.807, 2.05) is 36.4 Å². The van der Waals surface area contributed by atoms with Crippen LogP contribution in [0.1, 0.15) is 55.4 Å². The zero-order valence-electron chi connectivity index (χ0n) is 15.0. The Bertz CT molecular complexity index is 805. The highest BCUT2D eigenvalue weighted by atomic mass is 16.3. The topological polar surface area (TPSA) is 80.9 Å². The lowest BCUT2D eigenvalue weighted by molar-refractivity contribution is -0.151. The average molecular weight is 354 g/mol. The predicted molar refractivity (Wildman–Crippen MR) is 98.7 cm³/mol. The zero-order chi connectivity index (χ0) is 18.5. The van der Waals surface area contributed by atoms with Gasteiger partial charge >= 0.3 is 0 Å². The molecule has 26 heavy (non-hydrogen) atoms. The molecule has 1 fully saturated rings. The number of phenols is 1. The van der Waals surface area contributed by atoms with Crippen LogP contribution in [0.5, 0.6) is 5.75 Å². The first-order valence-corrected chi connectivity index (χ1v) is 9.38. The Labute approximate surface area is 153 Å². The van der Waals surface area contributed by atoms with Crippen LogP contribution in [0.2, 0.25) is 0 Å². The van der Waals surface area contributed by atoms with Crippen LogP contribution >= 0.6 is 0 Å². The van der Waals surface area contributed by atoms with Crippen molar-refractivity contribution in [1.82, 2.24) is 0 Å². The van der Waals surface area contributed by atoms with E-state index in [9.17, 15) is 20.4 Å². The highest BCUT2D eigenvalue weighted by Crippen LogP contribution is 2.58. The maximum atomic E-state index is 11.4. The van der Waals surface area contributed by atoms with E-state index in [0.717, 1.165) is 23.1 Å². The van der Waals surface area contributed by atoms with E-state index in [4.69, 9.17) is 0 Å². The molecule has 0 saturated heterocycles. The first-order chi connectivity index (χ1) is 12.4. The molecule has 1 saturated carbocycles. The Morgan fingerprint density at radius 1 is 1.04 bits per heavy atom. The number of rotatable bonds is 2. The van der Waals surface area contributed by atoms with E-state index in [-0.39, 0.29) is 17.1 Å². The summed E-state index contributed by atoms with van der Waals surface area (Å²) in [4.78, 5) is 0. The second kappa shape index (κ2) is 6.08. The largest absolute Gasteiger partial charge is 0.508 e. The molecule has 0 bridgehead atoms. The van der Waals surface area contributed by atoms with Gasteiger partial charge in [0.2, 0.25) is 0 Å². The Morgan fingerprint density at radius 2 is 1.77 bits per heavy atom. The van der Waals surface area contributed by atoms with Crippen LogP contribution in [0.4, 0.5) is 0 Å². The van der Waals surface area contributed by atoms with E-state index >= 15 is 0 Å². The Morgan fingerprint density at radius 3 is 2.46 bits per heavy atom. The Balaban J connectivity index is 1.81. The molecule has 2 aromatic carbocycles. The van der Waals surface area contributed by atoms with E-state index in [1.165, 1.54) is 0 Å². The number of hydrogen-bond acceptors (Lipinski definition) is 4. The van der Waals surface area contributed by atoms with Crippen molar-refractivity contribution in [2.75, 3.05) is 0 Å². The molecule has 4 heteroatoms. The molecule has 138 valence electrons. The van der Waals surface area contributed by atoms with Crippen molar-refractivity contribution in [3.8, 4) is 5.75 Å². The molecule has 4 rings (SSSR count). The van der Waals surface area contributed by atoms with E-state index < -0.39 is 17.8 Å². The summed E-state index contributed by atoms with van der Waals surface area (Å²) in [6, 6.07) is 14.5. The van der Waals surface area contributed by atoms with Crippen molar-refractivity contribution in [2.24, 2.45) is 5.92 Å². The number of benzene rings is 2. The Kier molecular flexibility index (Phi) is 4.10. The summed E-state index contributed by atoms with van der Waals surface area (Å²) in [6.07, 6.45) is 0.610. The van der Waals surface area contributed by atoms with Crippen molar-refractivity contribution in [3.05, 3.63) is 65.2 Å². The smallest absolute Gasteiger partial charge is 0.116 e. The quantitative estimate of drug-likeness (QED) is 0.668. The standard InChI is InChI=1S/C22H26O4/c1-2-21-13-20(25)22(26,14-6-4-3-5-7-14)12-15(21)10-19(24)17-11-16(23)8-9-18(17)21/h3-9,11,15,19-20,23-26H,2,10,12-13H2,1H3. The highest BCUT2D eigenvalue weighted by Gasteiger charge is 2.56. The summed E-state index contributed by atoms with van der Waals surface area (Å²) in [5.41, 5.74) is 0.862. The second-order valence-corrected chi connectivity index (χ2v) is 7.94. The minimum absolute atomic E-state index is 0.0492. The maximum Gasteiger partial charge on any atom is 0.116 e. The van der Waals surface area contributed by atoms with E-state index in [1.54, 1.807) is 12.1 Å². The lowest BCUT2D eigenvalue weighted by atomic mass is 9.51. The molecular weight excluding hydrogens is 328 g/mol. The molecule has 0 aromatic heterocycles. The molecule has 5 unspecified atom stereocenters. The average Bonchev–Trinajstić information content (AvgIpc) is 2.64. The van der Waals surface area contributed by atoms with Crippen LogP contribution in [-0.2, 0) is 11.0 Å². The van der Waals surface area contributed by atoms with Gasteiger partial charge in [0.25, 0.3) is 0 Å². The predicted octanol–water partition coefficient (Wildman–Crippen LogP) is 3.14. The van der Waals surface area contributed by atoms with Gasteiger partial charge in [0, 0.05) is 5.41 Å². The summed E-state index contributed by atoms with van der Waals surface area (Å²) in [5.74, 6) is 0.192. The number of phenolic OH excluding ortho intramolecular Hbond substituents is 1. The van der Waals surface area contributed by atoms with Crippen LogP contribution in [0.15, 0.2) is 48.5 Å². The number of fused-ring (bicyclic) bond motifs is 3. The zero-order valence-corrected chi connectivity index (χ0v) is 15.0. The van der Waals surface area contributed by atoms with Crippen molar-refractivity contribution in [3.63, 3.8) is 0 Å². The third kappa shape index (κ3) is 2.40.